The van der Waals surface area contributed by atoms with Crippen LogP contribution >= 0.6 is 0 Å². The van der Waals surface area contributed by atoms with E-state index >= 15 is 0 Å². The smallest absolute Gasteiger partial charge is 0.321 e. The number of carbonyl (C=O) groups excluding carboxylic acids is 2. The van der Waals surface area contributed by atoms with Gasteiger partial charge in [0.25, 0.3) is 5.91 Å². The number of para-hydroxylation sites is 1. The molecule has 9 nitrogen and oxygen atoms in total. The fourth-order valence-electron chi connectivity index (χ4n) is 4.31. The molecular weight excluding hydrogens is 482 g/mol. The molecule has 9 heteroatoms. The lowest BCUT2D eigenvalue weighted by atomic mass is 9.99. The van der Waals surface area contributed by atoms with Gasteiger partial charge in [0, 0.05) is 37.0 Å². The number of fused-ring (bicyclic) bond motifs is 1. The van der Waals surface area contributed by atoms with Gasteiger partial charge in [0.05, 0.1) is 30.8 Å². The molecule has 2 heterocycles. The minimum atomic E-state index is -0.463. The van der Waals surface area contributed by atoms with Crippen molar-refractivity contribution in [2.45, 2.75) is 26.0 Å². The molecule has 1 aliphatic heterocycles. The number of benzene rings is 2. The van der Waals surface area contributed by atoms with E-state index in [1.807, 2.05) is 37.3 Å². The molecule has 2 aromatic carbocycles. The van der Waals surface area contributed by atoms with Crippen molar-refractivity contribution < 1.29 is 19.4 Å². The van der Waals surface area contributed by atoms with Gasteiger partial charge in [-0.3, -0.25) is 4.79 Å². The molecule has 0 spiro atoms. The number of nitrogens with zero attached hydrogens (tertiary/aromatic N) is 4. The standard InChI is InChI=1S/C29H31N5O4/c1-19-16-34(20(2)18-35)28(36)25-13-23(22-11-9-21(14-30)10-12-22)15-31-27(25)38-26(19)17-33(3)29(37)32-24-7-5-4-6-8-24/h4-13,15,19-20,26,35H,16-18H2,1-3H3,(H,32,37)/t19-,20-,26-/m0/s1. The Bertz CT molecular complexity index is 1320. The minimum Gasteiger partial charge on any atom is -0.472 e. The number of anilines is 1. The molecule has 0 bridgehead atoms. The van der Waals surface area contributed by atoms with Gasteiger partial charge < -0.3 is 25.0 Å². The van der Waals surface area contributed by atoms with Crippen molar-refractivity contribution in [2.75, 3.05) is 32.1 Å². The molecule has 0 saturated carbocycles. The van der Waals surface area contributed by atoms with Crippen LogP contribution in [0.5, 0.6) is 5.88 Å². The first-order chi connectivity index (χ1) is 18.3. The van der Waals surface area contributed by atoms with Gasteiger partial charge in [0.15, 0.2) is 0 Å². The zero-order valence-electron chi connectivity index (χ0n) is 21.7. The summed E-state index contributed by atoms with van der Waals surface area (Å²) in [4.78, 5) is 34.1. The third-order valence-electron chi connectivity index (χ3n) is 6.69. The first kappa shape index (κ1) is 26.6. The quantitative estimate of drug-likeness (QED) is 0.514. The predicted octanol–water partition coefficient (Wildman–Crippen LogP) is 4.00. The van der Waals surface area contributed by atoms with Crippen LogP contribution in [0.3, 0.4) is 0 Å². The Morgan fingerprint density at radius 3 is 2.61 bits per heavy atom. The van der Waals surface area contributed by atoms with Crippen molar-refractivity contribution in [3.63, 3.8) is 0 Å². The maximum atomic E-state index is 13.6. The van der Waals surface area contributed by atoms with Crippen molar-refractivity contribution in [3.05, 3.63) is 78.0 Å². The van der Waals surface area contributed by atoms with Crippen LogP contribution in [-0.4, -0.2) is 70.7 Å². The first-order valence-corrected chi connectivity index (χ1v) is 12.5. The van der Waals surface area contributed by atoms with E-state index in [9.17, 15) is 14.7 Å². The number of rotatable bonds is 6. The summed E-state index contributed by atoms with van der Waals surface area (Å²) in [6, 6.07) is 19.3. The molecule has 196 valence electrons. The second kappa shape index (κ2) is 11.8. The summed E-state index contributed by atoms with van der Waals surface area (Å²) in [5.74, 6) is -0.269. The summed E-state index contributed by atoms with van der Waals surface area (Å²) < 4.78 is 6.29. The van der Waals surface area contributed by atoms with Gasteiger partial charge in [-0.1, -0.05) is 37.3 Å². The molecular formula is C29H31N5O4. The minimum absolute atomic E-state index is 0.159. The zero-order chi connectivity index (χ0) is 27.2. The summed E-state index contributed by atoms with van der Waals surface area (Å²) in [5, 5.41) is 21.8. The average Bonchev–Trinajstić information content (AvgIpc) is 2.94. The Balaban J connectivity index is 1.63. The molecule has 2 N–H and O–H groups in total. The molecule has 0 saturated heterocycles. The molecule has 0 unspecified atom stereocenters. The summed E-state index contributed by atoms with van der Waals surface area (Å²) in [5.41, 5.74) is 3.00. The number of amides is 3. The van der Waals surface area contributed by atoms with E-state index in [1.165, 1.54) is 0 Å². The number of hydrogen-bond acceptors (Lipinski definition) is 6. The maximum absolute atomic E-state index is 13.6. The number of carbonyl (C=O) groups is 2. The molecule has 3 aromatic rings. The van der Waals surface area contributed by atoms with Crippen molar-refractivity contribution in [1.82, 2.24) is 14.8 Å². The van der Waals surface area contributed by atoms with Gasteiger partial charge in [-0.2, -0.15) is 5.26 Å². The molecule has 0 aliphatic carbocycles. The van der Waals surface area contributed by atoms with Crippen LogP contribution in [0.1, 0.15) is 29.8 Å². The molecule has 4 rings (SSSR count). The molecule has 3 amide bonds. The highest BCUT2D eigenvalue weighted by Gasteiger charge is 2.34. The van der Waals surface area contributed by atoms with Crippen molar-refractivity contribution in [2.24, 2.45) is 5.92 Å². The Labute approximate surface area is 222 Å². The molecule has 1 aliphatic rings. The fourth-order valence-corrected chi connectivity index (χ4v) is 4.31. The van der Waals surface area contributed by atoms with Gasteiger partial charge in [0.2, 0.25) is 5.88 Å². The lowest BCUT2D eigenvalue weighted by Gasteiger charge is -2.37. The first-order valence-electron chi connectivity index (χ1n) is 12.5. The lowest BCUT2D eigenvalue weighted by Crippen LogP contribution is -2.50. The fraction of sp³-hybridized carbons (Fsp3) is 0.310. The third kappa shape index (κ3) is 5.93. The summed E-state index contributed by atoms with van der Waals surface area (Å²) in [7, 11) is 1.69. The number of nitrogens with one attached hydrogen (secondary N) is 1. The largest absolute Gasteiger partial charge is 0.472 e. The SMILES string of the molecule is C[C@H]1CN([C@@H](C)CO)C(=O)c2cc(-c3ccc(C#N)cc3)cnc2O[C@H]1CN(C)C(=O)Nc1ccccc1. The number of urea groups is 1. The molecule has 38 heavy (non-hydrogen) atoms. The summed E-state index contributed by atoms with van der Waals surface area (Å²) >= 11 is 0. The monoisotopic (exact) mass is 513 g/mol. The van der Waals surface area contributed by atoms with Crippen LogP contribution in [0, 0.1) is 17.2 Å². The van der Waals surface area contributed by atoms with Crippen LogP contribution in [0.2, 0.25) is 0 Å². The Hall–Kier alpha value is -4.42. The molecule has 0 fully saturated rings. The number of aromatic nitrogens is 1. The summed E-state index contributed by atoms with van der Waals surface area (Å²) in [6.07, 6.45) is 1.16. The van der Waals surface area contributed by atoms with Gasteiger partial charge in [-0.15, -0.1) is 0 Å². The Morgan fingerprint density at radius 2 is 1.95 bits per heavy atom. The zero-order valence-corrected chi connectivity index (χ0v) is 21.7. The molecule has 1 aromatic heterocycles. The van der Waals surface area contributed by atoms with E-state index in [0.29, 0.717) is 23.4 Å². The average molecular weight is 514 g/mol. The number of hydrogen-bond donors (Lipinski definition) is 2. The highest BCUT2D eigenvalue weighted by molar-refractivity contribution is 5.98. The number of likely N-dealkylation sites (N-methyl/N-ethyl adjacent to an activating group) is 1. The lowest BCUT2D eigenvalue weighted by molar-refractivity contribution is 0.0356. The maximum Gasteiger partial charge on any atom is 0.321 e. The predicted molar refractivity (Wildman–Crippen MR) is 144 cm³/mol. The van der Waals surface area contributed by atoms with Gasteiger partial charge in [-0.05, 0) is 42.8 Å². The van der Waals surface area contributed by atoms with Gasteiger partial charge >= 0.3 is 6.03 Å². The summed E-state index contributed by atoms with van der Waals surface area (Å²) in [6.45, 7) is 4.14. The molecule has 3 atom stereocenters. The van der Waals surface area contributed by atoms with Crippen molar-refractivity contribution in [3.8, 4) is 23.1 Å². The van der Waals surface area contributed by atoms with Crippen molar-refractivity contribution >= 4 is 17.6 Å². The number of aliphatic hydroxyl groups excluding tert-OH is 1. The van der Waals surface area contributed by atoms with Gasteiger partial charge in [-0.25, -0.2) is 9.78 Å². The van der Waals surface area contributed by atoms with Gasteiger partial charge in [0.1, 0.15) is 11.7 Å². The number of pyridine rings is 1. The van der Waals surface area contributed by atoms with Crippen molar-refractivity contribution in [1.29, 1.82) is 5.26 Å². The topological polar surface area (TPSA) is 119 Å². The third-order valence-corrected chi connectivity index (χ3v) is 6.69. The van der Waals surface area contributed by atoms with Crippen LogP contribution < -0.4 is 10.1 Å². The Kier molecular flexibility index (Phi) is 8.24. The van der Waals surface area contributed by atoms with Crippen LogP contribution in [0.25, 0.3) is 11.1 Å². The highest BCUT2D eigenvalue weighted by Crippen LogP contribution is 2.30. The number of aliphatic hydroxyl groups is 1. The molecule has 0 radical (unpaired) electrons. The van der Waals surface area contributed by atoms with Crippen LogP contribution in [0.4, 0.5) is 10.5 Å². The second-order valence-electron chi connectivity index (χ2n) is 9.57. The van der Waals surface area contributed by atoms with E-state index in [2.05, 4.69) is 16.4 Å². The van der Waals surface area contributed by atoms with Crippen LogP contribution in [0.15, 0.2) is 66.9 Å². The number of ether oxygens (including phenoxy) is 1. The van der Waals surface area contributed by atoms with E-state index in [0.717, 1.165) is 5.56 Å². The van der Waals surface area contributed by atoms with E-state index in [4.69, 9.17) is 10.00 Å². The van der Waals surface area contributed by atoms with E-state index < -0.39 is 12.1 Å². The van der Waals surface area contributed by atoms with Crippen LogP contribution in [-0.2, 0) is 0 Å². The number of nitriles is 1. The van der Waals surface area contributed by atoms with E-state index in [1.54, 1.807) is 60.3 Å². The van der Waals surface area contributed by atoms with E-state index in [-0.39, 0.29) is 42.5 Å². The Morgan fingerprint density at radius 1 is 1.24 bits per heavy atom. The highest BCUT2D eigenvalue weighted by atomic mass is 16.5. The second-order valence-corrected chi connectivity index (χ2v) is 9.57. The normalized spacial score (nSPS) is 17.8.